The highest BCUT2D eigenvalue weighted by molar-refractivity contribution is 5.95. The number of carbonyl (C=O) groups excluding carboxylic acids is 3. The molecule has 3 amide bonds. The van der Waals surface area contributed by atoms with Crippen LogP contribution in [0.2, 0.25) is 0 Å². The van der Waals surface area contributed by atoms with Crippen LogP contribution >= 0.6 is 0 Å². The van der Waals surface area contributed by atoms with Gasteiger partial charge in [-0.3, -0.25) is 19.2 Å². The first-order valence-electron chi connectivity index (χ1n) is 14.5. The summed E-state index contributed by atoms with van der Waals surface area (Å²) in [5.74, 6) is -4.43. The lowest BCUT2D eigenvalue weighted by Gasteiger charge is -2.25. The van der Waals surface area contributed by atoms with E-state index in [9.17, 15) is 29.1 Å². The summed E-state index contributed by atoms with van der Waals surface area (Å²) < 4.78 is 0. The largest absolute Gasteiger partial charge is 0.481 e. The van der Waals surface area contributed by atoms with Crippen LogP contribution in [0.4, 0.5) is 0 Å². The molecule has 0 aliphatic rings. The van der Waals surface area contributed by atoms with Gasteiger partial charge >= 0.3 is 11.9 Å². The Balaban J connectivity index is 1.82. The Labute approximate surface area is 254 Å². The fourth-order valence-electron chi connectivity index (χ4n) is 4.77. The van der Waals surface area contributed by atoms with Gasteiger partial charge in [0.15, 0.2) is 0 Å². The van der Waals surface area contributed by atoms with E-state index in [1.54, 1.807) is 36.5 Å². The molecule has 10 N–H and O–H groups in total. The van der Waals surface area contributed by atoms with Crippen molar-refractivity contribution in [1.29, 1.82) is 0 Å². The molecule has 13 heteroatoms. The average Bonchev–Trinajstić information content (AvgIpc) is 3.41. The number of hydrogen-bond acceptors (Lipinski definition) is 7. The number of amides is 3. The van der Waals surface area contributed by atoms with Crippen molar-refractivity contribution >= 4 is 40.6 Å². The van der Waals surface area contributed by atoms with E-state index in [1.165, 1.54) is 0 Å². The fourth-order valence-corrected chi connectivity index (χ4v) is 4.77. The van der Waals surface area contributed by atoms with Crippen LogP contribution in [0.25, 0.3) is 10.9 Å². The van der Waals surface area contributed by atoms with E-state index in [2.05, 4.69) is 20.9 Å². The number of aromatic amines is 1. The maximum atomic E-state index is 13.7. The van der Waals surface area contributed by atoms with Gasteiger partial charge in [0.1, 0.15) is 18.1 Å². The summed E-state index contributed by atoms with van der Waals surface area (Å²) in [5.41, 5.74) is 13.8. The molecule has 0 spiro atoms. The minimum absolute atomic E-state index is 0.0378. The Bertz CT molecular complexity index is 1430. The molecule has 0 aliphatic heterocycles. The van der Waals surface area contributed by atoms with Crippen LogP contribution in [0, 0.1) is 0 Å². The summed E-state index contributed by atoms with van der Waals surface area (Å²) in [5, 5.41) is 27.4. The molecule has 3 aromatic rings. The van der Waals surface area contributed by atoms with E-state index in [1.807, 2.05) is 24.3 Å². The number of rotatable bonds is 18. The topological polar surface area (TPSA) is 230 Å². The highest BCUT2D eigenvalue weighted by atomic mass is 16.4. The van der Waals surface area contributed by atoms with Crippen molar-refractivity contribution in [3.8, 4) is 0 Å². The van der Waals surface area contributed by atoms with Crippen molar-refractivity contribution in [2.75, 3.05) is 6.54 Å². The summed E-state index contributed by atoms with van der Waals surface area (Å²) in [6, 6.07) is 11.5. The number of aliphatic carboxylic acids is 2. The molecule has 0 saturated heterocycles. The van der Waals surface area contributed by atoms with Gasteiger partial charge in [0, 0.05) is 36.4 Å². The Morgan fingerprint density at radius 1 is 0.750 bits per heavy atom. The van der Waals surface area contributed by atoms with Crippen molar-refractivity contribution in [3.05, 3.63) is 71.9 Å². The first-order chi connectivity index (χ1) is 21.1. The van der Waals surface area contributed by atoms with E-state index in [0.717, 1.165) is 16.5 Å². The van der Waals surface area contributed by atoms with Gasteiger partial charge in [0.2, 0.25) is 17.7 Å². The maximum absolute atomic E-state index is 13.7. The Kier molecular flexibility index (Phi) is 12.9. The van der Waals surface area contributed by atoms with E-state index in [4.69, 9.17) is 16.6 Å². The van der Waals surface area contributed by atoms with Crippen LogP contribution in [0.3, 0.4) is 0 Å². The van der Waals surface area contributed by atoms with Crippen molar-refractivity contribution in [3.63, 3.8) is 0 Å². The molecule has 2 aromatic carbocycles. The smallest absolute Gasteiger partial charge is 0.326 e. The zero-order chi connectivity index (χ0) is 32.1. The van der Waals surface area contributed by atoms with Gasteiger partial charge in [-0.05, 0) is 49.4 Å². The summed E-state index contributed by atoms with van der Waals surface area (Å²) >= 11 is 0. The van der Waals surface area contributed by atoms with E-state index < -0.39 is 53.8 Å². The second kappa shape index (κ2) is 16.8. The lowest BCUT2D eigenvalue weighted by atomic mass is 10.0. The van der Waals surface area contributed by atoms with Gasteiger partial charge in [-0.1, -0.05) is 48.5 Å². The number of carboxylic acids is 2. The van der Waals surface area contributed by atoms with Crippen molar-refractivity contribution in [1.82, 2.24) is 20.9 Å². The number of unbranched alkanes of at least 4 members (excludes halogenated alkanes) is 1. The molecule has 0 saturated carbocycles. The van der Waals surface area contributed by atoms with Crippen LogP contribution in [0.15, 0.2) is 60.8 Å². The first kappa shape index (κ1) is 33.7. The summed E-state index contributed by atoms with van der Waals surface area (Å²) in [6.45, 7) is 0.363. The Hall–Kier alpha value is -4.75. The number of carboxylic acid groups (broad SMARTS) is 2. The molecule has 0 fully saturated rings. The number of fused-ring (bicyclic) bond motifs is 1. The second-order valence-corrected chi connectivity index (χ2v) is 10.6. The van der Waals surface area contributed by atoms with E-state index in [0.29, 0.717) is 24.9 Å². The first-order valence-corrected chi connectivity index (χ1v) is 14.5. The van der Waals surface area contributed by atoms with Gasteiger partial charge in [0.05, 0.1) is 6.04 Å². The predicted molar refractivity (Wildman–Crippen MR) is 163 cm³/mol. The number of benzene rings is 2. The molecule has 236 valence electrons. The minimum atomic E-state index is -1.24. The van der Waals surface area contributed by atoms with E-state index in [-0.39, 0.29) is 32.1 Å². The third kappa shape index (κ3) is 10.2. The van der Waals surface area contributed by atoms with Gasteiger partial charge in [-0.25, -0.2) is 4.79 Å². The van der Waals surface area contributed by atoms with Crippen molar-refractivity contribution in [2.45, 2.75) is 69.1 Å². The molecular weight excluding hydrogens is 568 g/mol. The number of nitrogens with two attached hydrogens (primary N) is 2. The van der Waals surface area contributed by atoms with Crippen molar-refractivity contribution < 1.29 is 34.2 Å². The highest BCUT2D eigenvalue weighted by Gasteiger charge is 2.31. The predicted octanol–water partition coefficient (Wildman–Crippen LogP) is 0.813. The summed E-state index contributed by atoms with van der Waals surface area (Å²) in [6.07, 6.45) is 2.56. The quantitative estimate of drug-likeness (QED) is 0.0954. The van der Waals surface area contributed by atoms with Crippen LogP contribution in [-0.4, -0.2) is 75.6 Å². The number of para-hydroxylation sites is 1. The Morgan fingerprint density at radius 3 is 2.07 bits per heavy atom. The zero-order valence-electron chi connectivity index (χ0n) is 24.3. The van der Waals surface area contributed by atoms with Crippen LogP contribution in [0.1, 0.15) is 43.2 Å². The van der Waals surface area contributed by atoms with Crippen LogP contribution in [0.5, 0.6) is 0 Å². The number of H-pyrrole nitrogens is 1. The molecule has 4 unspecified atom stereocenters. The molecule has 0 aliphatic carbocycles. The van der Waals surface area contributed by atoms with Crippen LogP contribution in [-0.2, 0) is 36.8 Å². The number of nitrogens with one attached hydrogen (secondary N) is 4. The third-order valence-electron chi connectivity index (χ3n) is 7.22. The highest BCUT2D eigenvalue weighted by Crippen LogP contribution is 2.19. The third-order valence-corrected chi connectivity index (χ3v) is 7.22. The molecule has 0 bridgehead atoms. The number of aromatic nitrogens is 1. The molecule has 1 heterocycles. The van der Waals surface area contributed by atoms with Gasteiger partial charge in [-0.15, -0.1) is 0 Å². The van der Waals surface area contributed by atoms with E-state index >= 15 is 0 Å². The Morgan fingerprint density at radius 2 is 1.39 bits per heavy atom. The monoisotopic (exact) mass is 608 g/mol. The number of hydrogen-bond donors (Lipinski definition) is 8. The summed E-state index contributed by atoms with van der Waals surface area (Å²) in [7, 11) is 0. The normalized spacial score (nSPS) is 13.8. The van der Waals surface area contributed by atoms with Crippen LogP contribution < -0.4 is 27.4 Å². The molecule has 4 atom stereocenters. The number of carbonyl (C=O) groups is 5. The lowest BCUT2D eigenvalue weighted by molar-refractivity contribution is -0.142. The van der Waals surface area contributed by atoms with Gasteiger partial charge in [0.25, 0.3) is 0 Å². The maximum Gasteiger partial charge on any atom is 0.326 e. The van der Waals surface area contributed by atoms with Gasteiger partial charge in [-0.2, -0.15) is 0 Å². The molecule has 13 nitrogen and oxygen atoms in total. The molecule has 1 aromatic heterocycles. The lowest BCUT2D eigenvalue weighted by Crippen LogP contribution is -2.57. The summed E-state index contributed by atoms with van der Waals surface area (Å²) in [4.78, 5) is 66.1. The minimum Gasteiger partial charge on any atom is -0.481 e. The fraction of sp³-hybridized carbons (Fsp3) is 0.387. The average molecular weight is 609 g/mol. The van der Waals surface area contributed by atoms with Crippen molar-refractivity contribution in [2.24, 2.45) is 11.5 Å². The standard InChI is InChI=1S/C31H40N6O7/c32-15-7-6-12-24(29(41)37-26(31(43)44)16-19-8-2-1-3-9-19)35-30(42)25(36-28(40)22(33)13-14-27(38)39)17-20-18-34-23-11-5-4-10-21(20)23/h1-5,8-11,18,22,24-26,34H,6-7,12-17,32-33H2,(H,35,42)(H,36,40)(H,37,41)(H,38,39)(H,43,44). The SMILES string of the molecule is NCCCCC(NC(=O)C(Cc1c[nH]c2ccccc12)NC(=O)C(N)CCC(=O)O)C(=O)NC(Cc1ccccc1)C(=O)O. The molecular formula is C31H40N6O7. The molecule has 3 rings (SSSR count). The van der Waals surface area contributed by atoms with Gasteiger partial charge < -0.3 is 42.6 Å². The zero-order valence-corrected chi connectivity index (χ0v) is 24.3. The molecule has 0 radical (unpaired) electrons. The second-order valence-electron chi connectivity index (χ2n) is 10.6. The molecule has 44 heavy (non-hydrogen) atoms.